The third kappa shape index (κ3) is 3.58. The standard InChI is InChI=1S/C17H27N/c1-13-9-16(11-17(3,4)10-13)18-12-15-8-6-5-7-14(15)2/h5-8,13,16,18H,9-12H2,1-4H3. The fourth-order valence-electron chi connectivity index (χ4n) is 3.56. The summed E-state index contributed by atoms with van der Waals surface area (Å²) in [6.45, 7) is 10.4. The van der Waals surface area contributed by atoms with Crippen LogP contribution in [-0.2, 0) is 6.54 Å². The van der Waals surface area contributed by atoms with Crippen LogP contribution in [0, 0.1) is 18.3 Å². The van der Waals surface area contributed by atoms with Gasteiger partial charge in [0.05, 0.1) is 0 Å². The average Bonchev–Trinajstić information content (AvgIpc) is 2.25. The van der Waals surface area contributed by atoms with Crippen molar-refractivity contribution < 1.29 is 0 Å². The van der Waals surface area contributed by atoms with Crippen LogP contribution in [0.1, 0.15) is 51.2 Å². The smallest absolute Gasteiger partial charge is 0.0210 e. The van der Waals surface area contributed by atoms with Gasteiger partial charge in [-0.1, -0.05) is 45.0 Å². The largest absolute Gasteiger partial charge is 0.310 e. The molecule has 2 atom stereocenters. The van der Waals surface area contributed by atoms with Crippen LogP contribution in [0.15, 0.2) is 24.3 Å². The molecule has 1 aromatic carbocycles. The van der Waals surface area contributed by atoms with Crippen LogP contribution in [-0.4, -0.2) is 6.04 Å². The molecule has 0 aliphatic heterocycles. The fraction of sp³-hybridized carbons (Fsp3) is 0.647. The van der Waals surface area contributed by atoms with Crippen molar-refractivity contribution in [3.05, 3.63) is 35.4 Å². The molecule has 2 rings (SSSR count). The number of hydrogen-bond acceptors (Lipinski definition) is 1. The third-order valence-corrected chi connectivity index (χ3v) is 4.23. The Morgan fingerprint density at radius 1 is 1.22 bits per heavy atom. The Bertz CT molecular complexity index is 394. The summed E-state index contributed by atoms with van der Waals surface area (Å²) in [5.74, 6) is 0.850. The molecule has 1 N–H and O–H groups in total. The van der Waals surface area contributed by atoms with Gasteiger partial charge in [0, 0.05) is 12.6 Å². The second kappa shape index (κ2) is 5.44. The van der Waals surface area contributed by atoms with Gasteiger partial charge in [-0.05, 0) is 48.6 Å². The molecule has 18 heavy (non-hydrogen) atoms. The van der Waals surface area contributed by atoms with Gasteiger partial charge < -0.3 is 5.32 Å². The van der Waals surface area contributed by atoms with Gasteiger partial charge in [-0.15, -0.1) is 0 Å². The van der Waals surface area contributed by atoms with Crippen LogP contribution < -0.4 is 5.32 Å². The van der Waals surface area contributed by atoms with Crippen molar-refractivity contribution in [2.45, 2.75) is 59.5 Å². The van der Waals surface area contributed by atoms with Gasteiger partial charge in [0.1, 0.15) is 0 Å². The Morgan fingerprint density at radius 3 is 2.61 bits per heavy atom. The molecule has 1 saturated carbocycles. The molecule has 0 aromatic heterocycles. The molecule has 0 saturated heterocycles. The van der Waals surface area contributed by atoms with Crippen LogP contribution >= 0.6 is 0 Å². The average molecular weight is 245 g/mol. The Labute approximate surface area is 112 Å². The van der Waals surface area contributed by atoms with Gasteiger partial charge >= 0.3 is 0 Å². The number of hydrogen-bond donors (Lipinski definition) is 1. The summed E-state index contributed by atoms with van der Waals surface area (Å²) >= 11 is 0. The lowest BCUT2D eigenvalue weighted by atomic mass is 9.70. The highest BCUT2D eigenvalue weighted by molar-refractivity contribution is 5.25. The van der Waals surface area contributed by atoms with E-state index in [0.29, 0.717) is 11.5 Å². The van der Waals surface area contributed by atoms with Crippen molar-refractivity contribution in [2.24, 2.45) is 11.3 Å². The number of benzene rings is 1. The first kappa shape index (κ1) is 13.6. The molecule has 0 radical (unpaired) electrons. The number of nitrogens with one attached hydrogen (secondary N) is 1. The van der Waals surface area contributed by atoms with Crippen molar-refractivity contribution >= 4 is 0 Å². The Balaban J connectivity index is 1.92. The summed E-state index contributed by atoms with van der Waals surface area (Å²) in [5.41, 5.74) is 3.34. The van der Waals surface area contributed by atoms with Gasteiger partial charge in [-0.3, -0.25) is 0 Å². The van der Waals surface area contributed by atoms with E-state index in [0.717, 1.165) is 12.5 Å². The lowest BCUT2D eigenvalue weighted by molar-refractivity contribution is 0.151. The predicted molar refractivity (Wildman–Crippen MR) is 78.6 cm³/mol. The molecule has 2 unspecified atom stereocenters. The van der Waals surface area contributed by atoms with Crippen LogP contribution in [0.2, 0.25) is 0 Å². The van der Waals surface area contributed by atoms with Crippen LogP contribution in [0.3, 0.4) is 0 Å². The fourth-order valence-corrected chi connectivity index (χ4v) is 3.56. The Morgan fingerprint density at radius 2 is 1.94 bits per heavy atom. The normalized spacial score (nSPS) is 27.1. The lowest BCUT2D eigenvalue weighted by Crippen LogP contribution is -2.39. The molecule has 100 valence electrons. The summed E-state index contributed by atoms with van der Waals surface area (Å²) in [7, 11) is 0. The first-order valence-electron chi connectivity index (χ1n) is 7.24. The van der Waals surface area contributed by atoms with Crippen molar-refractivity contribution in [3.63, 3.8) is 0 Å². The number of rotatable bonds is 3. The molecule has 1 aliphatic rings. The zero-order valence-electron chi connectivity index (χ0n) is 12.3. The summed E-state index contributed by atoms with van der Waals surface area (Å²) in [6, 6.07) is 9.37. The zero-order chi connectivity index (χ0) is 13.2. The topological polar surface area (TPSA) is 12.0 Å². The molecule has 1 nitrogen and oxygen atoms in total. The van der Waals surface area contributed by atoms with E-state index in [1.54, 1.807) is 0 Å². The Hall–Kier alpha value is -0.820. The van der Waals surface area contributed by atoms with Gasteiger partial charge in [-0.25, -0.2) is 0 Å². The molecular formula is C17H27N. The van der Waals surface area contributed by atoms with E-state index in [4.69, 9.17) is 0 Å². The molecule has 1 aliphatic carbocycles. The molecule has 1 fully saturated rings. The van der Waals surface area contributed by atoms with Gasteiger partial charge in [0.25, 0.3) is 0 Å². The maximum Gasteiger partial charge on any atom is 0.0210 e. The summed E-state index contributed by atoms with van der Waals surface area (Å²) < 4.78 is 0. The van der Waals surface area contributed by atoms with Crippen molar-refractivity contribution in [2.75, 3.05) is 0 Å². The zero-order valence-corrected chi connectivity index (χ0v) is 12.3. The second-order valence-electron chi connectivity index (χ2n) is 6.92. The van der Waals surface area contributed by atoms with Crippen molar-refractivity contribution in [1.82, 2.24) is 5.32 Å². The van der Waals surface area contributed by atoms with E-state index < -0.39 is 0 Å². The van der Waals surface area contributed by atoms with E-state index in [2.05, 4.69) is 57.3 Å². The molecule has 1 aromatic rings. The molecule has 1 heteroatoms. The van der Waals surface area contributed by atoms with Crippen molar-refractivity contribution in [1.29, 1.82) is 0 Å². The quantitative estimate of drug-likeness (QED) is 0.837. The summed E-state index contributed by atoms with van der Waals surface area (Å²) in [4.78, 5) is 0. The van der Waals surface area contributed by atoms with Crippen molar-refractivity contribution in [3.8, 4) is 0 Å². The molecule has 0 spiro atoms. The van der Waals surface area contributed by atoms with E-state index in [1.165, 1.54) is 30.4 Å². The van der Waals surface area contributed by atoms with Gasteiger partial charge in [-0.2, -0.15) is 0 Å². The SMILES string of the molecule is Cc1ccccc1CNC1CC(C)CC(C)(C)C1. The van der Waals surface area contributed by atoms with Crippen LogP contribution in [0.25, 0.3) is 0 Å². The minimum atomic E-state index is 0.501. The van der Waals surface area contributed by atoms with Crippen LogP contribution in [0.5, 0.6) is 0 Å². The van der Waals surface area contributed by atoms with E-state index in [-0.39, 0.29) is 0 Å². The highest BCUT2D eigenvalue weighted by atomic mass is 14.9. The molecule has 0 amide bonds. The van der Waals surface area contributed by atoms with E-state index in [1.807, 2.05) is 0 Å². The highest BCUT2D eigenvalue weighted by Gasteiger charge is 2.31. The molecular weight excluding hydrogens is 218 g/mol. The molecule has 0 heterocycles. The first-order valence-corrected chi connectivity index (χ1v) is 7.24. The van der Waals surface area contributed by atoms with Gasteiger partial charge in [0.2, 0.25) is 0 Å². The first-order chi connectivity index (χ1) is 8.46. The maximum absolute atomic E-state index is 3.76. The van der Waals surface area contributed by atoms with E-state index in [9.17, 15) is 0 Å². The monoisotopic (exact) mass is 245 g/mol. The molecule has 0 bridgehead atoms. The van der Waals surface area contributed by atoms with Crippen LogP contribution in [0.4, 0.5) is 0 Å². The maximum atomic E-state index is 3.76. The van der Waals surface area contributed by atoms with E-state index >= 15 is 0 Å². The third-order valence-electron chi connectivity index (χ3n) is 4.23. The highest BCUT2D eigenvalue weighted by Crippen LogP contribution is 2.38. The predicted octanol–water partition coefficient (Wildman–Crippen LogP) is 4.30. The summed E-state index contributed by atoms with van der Waals surface area (Å²) in [6.07, 6.45) is 4.01. The Kier molecular flexibility index (Phi) is 4.11. The lowest BCUT2D eigenvalue weighted by Gasteiger charge is -2.39. The minimum absolute atomic E-state index is 0.501. The second-order valence-corrected chi connectivity index (χ2v) is 6.92. The minimum Gasteiger partial charge on any atom is -0.310 e. The summed E-state index contributed by atoms with van der Waals surface area (Å²) in [5, 5.41) is 3.76. The number of aryl methyl sites for hydroxylation is 1. The van der Waals surface area contributed by atoms with Gasteiger partial charge in [0.15, 0.2) is 0 Å².